The van der Waals surface area contributed by atoms with E-state index in [4.69, 9.17) is 10.1 Å². The number of nitrogens with zero attached hydrogens (tertiary/aromatic N) is 3. The van der Waals surface area contributed by atoms with Gasteiger partial charge in [0.05, 0.1) is 30.6 Å². The van der Waals surface area contributed by atoms with Crippen molar-refractivity contribution in [2.75, 3.05) is 31.6 Å². The van der Waals surface area contributed by atoms with Gasteiger partial charge in [-0.1, -0.05) is 6.07 Å². The van der Waals surface area contributed by atoms with E-state index in [2.05, 4.69) is 22.7 Å². The minimum Gasteiger partial charge on any atom is -0.380 e. The summed E-state index contributed by atoms with van der Waals surface area (Å²) in [7, 11) is 1.81. The van der Waals surface area contributed by atoms with Crippen LogP contribution < -0.4 is 10.6 Å². The fraction of sp³-hybridized carbons (Fsp3) is 0.435. The van der Waals surface area contributed by atoms with Crippen molar-refractivity contribution in [1.29, 1.82) is 5.41 Å². The Morgan fingerprint density at radius 2 is 2.16 bits per heavy atom. The molecule has 1 aromatic carbocycles. The molecule has 3 N–H and O–H groups in total. The zero-order chi connectivity index (χ0) is 22.9. The number of amides is 1. The number of ether oxygens (including phenoxy) is 1. The summed E-state index contributed by atoms with van der Waals surface area (Å²) < 4.78 is 22.1. The predicted molar refractivity (Wildman–Crippen MR) is 121 cm³/mol. The second-order valence-corrected chi connectivity index (χ2v) is 8.73. The topological polar surface area (TPSA) is 95.3 Å². The number of hydrogen-bond donors (Lipinski definition) is 3. The maximum atomic E-state index is 14.9. The van der Waals surface area contributed by atoms with Crippen LogP contribution in [0.3, 0.4) is 0 Å². The molecule has 32 heavy (non-hydrogen) atoms. The molecule has 1 atom stereocenters. The lowest BCUT2D eigenvalue weighted by molar-refractivity contribution is -0.128. The average molecular weight is 441 g/mol. The summed E-state index contributed by atoms with van der Waals surface area (Å²) in [5.74, 6) is -0.424. The number of benzene rings is 1. The Morgan fingerprint density at radius 1 is 1.34 bits per heavy atom. The van der Waals surface area contributed by atoms with Crippen molar-refractivity contribution in [2.24, 2.45) is 7.05 Å². The number of carbonyl (C=O) groups excluding carboxylic acids is 1. The molecule has 2 aromatic rings. The normalized spacial score (nSPS) is 21.1. The van der Waals surface area contributed by atoms with E-state index in [0.29, 0.717) is 43.9 Å². The van der Waals surface area contributed by atoms with E-state index in [1.807, 2.05) is 13.2 Å². The van der Waals surface area contributed by atoms with Gasteiger partial charge in [-0.05, 0) is 31.0 Å². The molecule has 1 unspecified atom stereocenters. The Bertz CT molecular complexity index is 1070. The molecule has 8 nitrogen and oxygen atoms in total. The average Bonchev–Trinajstić information content (AvgIpc) is 3.38. The van der Waals surface area contributed by atoms with Gasteiger partial charge < -0.3 is 20.3 Å². The lowest BCUT2D eigenvalue weighted by Crippen LogP contribution is -2.47. The van der Waals surface area contributed by atoms with Crippen molar-refractivity contribution < 1.29 is 13.9 Å². The number of halogens is 1. The molecule has 0 aliphatic carbocycles. The Morgan fingerprint density at radius 3 is 2.78 bits per heavy atom. The zero-order valence-corrected chi connectivity index (χ0v) is 18.7. The molecule has 0 saturated carbocycles. The smallest absolute Gasteiger partial charge is 0.219 e. The highest BCUT2D eigenvalue weighted by atomic mass is 19.1. The summed E-state index contributed by atoms with van der Waals surface area (Å²) in [6.45, 7) is 5.78. The molecule has 2 aliphatic rings. The van der Waals surface area contributed by atoms with Gasteiger partial charge in [-0.15, -0.1) is 0 Å². The van der Waals surface area contributed by atoms with Gasteiger partial charge in [0, 0.05) is 56.6 Å². The fourth-order valence-corrected chi connectivity index (χ4v) is 4.11. The number of hydrogen-bond acceptors (Lipinski definition) is 5. The zero-order valence-electron chi connectivity index (χ0n) is 18.7. The number of aryl methyl sites for hydroxylation is 1. The van der Waals surface area contributed by atoms with Gasteiger partial charge in [0.2, 0.25) is 5.91 Å². The van der Waals surface area contributed by atoms with Crippen LogP contribution in [0.5, 0.6) is 0 Å². The summed E-state index contributed by atoms with van der Waals surface area (Å²) in [6, 6.07) is 4.85. The quantitative estimate of drug-likeness (QED) is 0.491. The predicted octanol–water partition coefficient (Wildman–Crippen LogP) is 2.89. The number of carbonyl (C=O) groups is 1. The second kappa shape index (κ2) is 8.74. The van der Waals surface area contributed by atoms with Gasteiger partial charge >= 0.3 is 0 Å². The maximum Gasteiger partial charge on any atom is 0.219 e. The standard InChI is InChI=1S/C23H29FN6O2/c1-15(31)30-8-6-20(28-23(2)7-9-32-14-23)18(13-30)22(25)27-21-5-4-16(10-19(21)24)17-11-26-29(3)12-17/h4-5,10-12,28H,6-9,13-14H2,1-3H3,(H2,25,27). The van der Waals surface area contributed by atoms with E-state index < -0.39 is 5.82 Å². The molecule has 1 amide bonds. The minimum atomic E-state index is -0.457. The molecule has 0 spiro atoms. The van der Waals surface area contributed by atoms with Gasteiger partial charge in [-0.2, -0.15) is 5.10 Å². The van der Waals surface area contributed by atoms with Crippen molar-refractivity contribution in [2.45, 2.75) is 32.2 Å². The van der Waals surface area contributed by atoms with Gasteiger partial charge in [0.25, 0.3) is 0 Å². The van der Waals surface area contributed by atoms with Crippen molar-refractivity contribution in [3.05, 3.63) is 47.7 Å². The van der Waals surface area contributed by atoms with Gasteiger partial charge in [0.1, 0.15) is 11.7 Å². The lowest BCUT2D eigenvalue weighted by atomic mass is 9.97. The van der Waals surface area contributed by atoms with Crippen molar-refractivity contribution in [3.8, 4) is 11.1 Å². The molecule has 170 valence electrons. The van der Waals surface area contributed by atoms with E-state index in [1.165, 1.54) is 13.0 Å². The Balaban J connectivity index is 1.57. The first-order valence-corrected chi connectivity index (χ1v) is 10.7. The largest absolute Gasteiger partial charge is 0.380 e. The van der Waals surface area contributed by atoms with Crippen LogP contribution in [0.25, 0.3) is 11.1 Å². The third-order valence-electron chi connectivity index (χ3n) is 6.03. The fourth-order valence-electron chi connectivity index (χ4n) is 4.11. The Kier molecular flexibility index (Phi) is 6.01. The first kappa shape index (κ1) is 22.0. The number of anilines is 1. The van der Waals surface area contributed by atoms with E-state index >= 15 is 0 Å². The third-order valence-corrected chi connectivity index (χ3v) is 6.03. The molecule has 4 rings (SSSR count). The molecule has 1 aromatic heterocycles. The highest BCUT2D eigenvalue weighted by Crippen LogP contribution is 2.27. The molecule has 2 aliphatic heterocycles. The number of rotatable bonds is 5. The van der Waals surface area contributed by atoms with Gasteiger partial charge in [0.15, 0.2) is 0 Å². The lowest BCUT2D eigenvalue weighted by Gasteiger charge is -2.35. The molecule has 0 bridgehead atoms. The van der Waals surface area contributed by atoms with Crippen molar-refractivity contribution in [3.63, 3.8) is 0 Å². The van der Waals surface area contributed by atoms with Crippen molar-refractivity contribution >= 4 is 17.4 Å². The number of aromatic nitrogens is 2. The first-order chi connectivity index (χ1) is 15.2. The molecule has 3 heterocycles. The summed E-state index contributed by atoms with van der Waals surface area (Å²) in [5, 5.41) is 19.3. The van der Waals surface area contributed by atoms with Crippen LogP contribution in [0.2, 0.25) is 0 Å². The number of nitrogens with one attached hydrogen (secondary N) is 3. The molecule has 0 radical (unpaired) electrons. The van der Waals surface area contributed by atoms with E-state index in [9.17, 15) is 9.18 Å². The van der Waals surface area contributed by atoms with E-state index in [0.717, 1.165) is 17.7 Å². The maximum absolute atomic E-state index is 14.9. The SMILES string of the molecule is CC(=O)N1CCC(NC2(C)CCOC2)=C(C(=N)Nc2ccc(-c3cnn(C)c3)cc2F)C1. The Labute approximate surface area is 186 Å². The van der Waals surface area contributed by atoms with E-state index in [1.54, 1.807) is 27.9 Å². The van der Waals surface area contributed by atoms with Crippen LogP contribution in [0, 0.1) is 11.2 Å². The van der Waals surface area contributed by atoms with E-state index in [-0.39, 0.29) is 23.0 Å². The Hall–Kier alpha value is -3.20. The summed E-state index contributed by atoms with van der Waals surface area (Å²) in [6.07, 6.45) is 4.97. The van der Waals surface area contributed by atoms with Crippen LogP contribution in [0.1, 0.15) is 26.7 Å². The highest BCUT2D eigenvalue weighted by Gasteiger charge is 2.33. The van der Waals surface area contributed by atoms with Crippen LogP contribution in [0.4, 0.5) is 10.1 Å². The monoisotopic (exact) mass is 440 g/mol. The van der Waals surface area contributed by atoms with Crippen LogP contribution >= 0.6 is 0 Å². The molecule has 9 heteroatoms. The summed E-state index contributed by atoms with van der Waals surface area (Å²) >= 11 is 0. The number of amidine groups is 1. The molecular formula is C23H29FN6O2. The highest BCUT2D eigenvalue weighted by molar-refractivity contribution is 6.07. The molecule has 1 saturated heterocycles. The van der Waals surface area contributed by atoms with Crippen molar-refractivity contribution in [1.82, 2.24) is 20.0 Å². The van der Waals surface area contributed by atoms with Gasteiger partial charge in [-0.3, -0.25) is 14.9 Å². The van der Waals surface area contributed by atoms with Crippen LogP contribution in [-0.4, -0.2) is 58.3 Å². The summed E-state index contributed by atoms with van der Waals surface area (Å²) in [5.41, 5.74) is 3.10. The van der Waals surface area contributed by atoms with Crippen LogP contribution in [0.15, 0.2) is 41.9 Å². The van der Waals surface area contributed by atoms with Gasteiger partial charge in [-0.25, -0.2) is 4.39 Å². The second-order valence-electron chi connectivity index (χ2n) is 8.73. The molecular weight excluding hydrogens is 411 g/mol. The minimum absolute atomic E-state index is 0.0447. The summed E-state index contributed by atoms with van der Waals surface area (Å²) in [4.78, 5) is 13.7. The van der Waals surface area contributed by atoms with Crippen LogP contribution in [-0.2, 0) is 16.6 Å². The first-order valence-electron chi connectivity index (χ1n) is 10.7. The third kappa shape index (κ3) is 4.67. The molecule has 1 fully saturated rings.